The summed E-state index contributed by atoms with van der Waals surface area (Å²) in [7, 11) is 1.35. The fourth-order valence-corrected chi connectivity index (χ4v) is 1.63. The van der Waals surface area contributed by atoms with Gasteiger partial charge in [-0.1, -0.05) is 0 Å². The molecule has 0 bridgehead atoms. The van der Waals surface area contributed by atoms with E-state index in [2.05, 4.69) is 10.1 Å². The van der Waals surface area contributed by atoms with Gasteiger partial charge in [0.25, 0.3) is 0 Å². The van der Waals surface area contributed by atoms with Crippen LogP contribution in [0.5, 0.6) is 0 Å². The Hall–Kier alpha value is -1.10. The van der Waals surface area contributed by atoms with E-state index in [4.69, 9.17) is 4.74 Å². The van der Waals surface area contributed by atoms with Gasteiger partial charge in [0.05, 0.1) is 13.0 Å². The maximum atomic E-state index is 11.7. The van der Waals surface area contributed by atoms with E-state index >= 15 is 0 Å². The van der Waals surface area contributed by atoms with E-state index in [1.54, 1.807) is 0 Å². The summed E-state index contributed by atoms with van der Waals surface area (Å²) in [4.78, 5) is 22.9. The molecule has 0 spiro atoms. The maximum Gasteiger partial charge on any atom is 0.323 e. The fourth-order valence-electron chi connectivity index (χ4n) is 1.63. The van der Waals surface area contributed by atoms with Crippen LogP contribution in [0.4, 0.5) is 0 Å². The number of rotatable bonds is 2. The molecule has 2 atom stereocenters. The Morgan fingerprint density at radius 2 is 1.88 bits per heavy atom. The Morgan fingerprint density at radius 3 is 2.38 bits per heavy atom. The van der Waals surface area contributed by atoms with Crippen molar-refractivity contribution in [2.45, 2.75) is 38.8 Å². The van der Waals surface area contributed by atoms with Gasteiger partial charge in [-0.3, -0.25) is 9.59 Å². The van der Waals surface area contributed by atoms with E-state index in [1.165, 1.54) is 7.11 Å². The molecular weight excluding hydrogens is 210 g/mol. The molecule has 5 heteroatoms. The Bertz CT molecular complexity index is 282. The summed E-state index contributed by atoms with van der Waals surface area (Å²) in [6.07, 6.45) is 0.446. The van der Waals surface area contributed by atoms with Gasteiger partial charge in [-0.2, -0.15) is 0 Å². The minimum absolute atomic E-state index is 0.248. The summed E-state index contributed by atoms with van der Waals surface area (Å²) in [5.74, 6) is -0.833. The first kappa shape index (κ1) is 13.0. The van der Waals surface area contributed by atoms with Gasteiger partial charge in [-0.25, -0.2) is 0 Å². The second-order valence-corrected chi connectivity index (χ2v) is 4.95. The van der Waals surface area contributed by atoms with E-state index < -0.39 is 11.6 Å². The molecule has 0 saturated carbocycles. The average molecular weight is 229 g/mol. The summed E-state index contributed by atoms with van der Waals surface area (Å²) in [5.41, 5.74) is -0.498. The van der Waals surface area contributed by atoms with Crippen molar-refractivity contribution in [1.82, 2.24) is 5.32 Å². The first-order chi connectivity index (χ1) is 7.33. The van der Waals surface area contributed by atoms with Crippen LogP contribution in [0.15, 0.2) is 0 Å². The van der Waals surface area contributed by atoms with Gasteiger partial charge in [-0.05, 0) is 27.2 Å². The molecule has 1 aliphatic heterocycles. The molecule has 1 saturated heterocycles. The Morgan fingerprint density at radius 1 is 1.25 bits per heavy atom. The van der Waals surface area contributed by atoms with Crippen LogP contribution in [0.2, 0.25) is 0 Å². The molecule has 1 N–H and O–H groups in total. The van der Waals surface area contributed by atoms with Crippen LogP contribution in [0.1, 0.15) is 27.2 Å². The Labute approximate surface area is 95.5 Å². The number of esters is 2. The molecule has 92 valence electrons. The summed E-state index contributed by atoms with van der Waals surface area (Å²) in [5, 5.41) is 2.97. The van der Waals surface area contributed by atoms with Crippen molar-refractivity contribution >= 4 is 11.9 Å². The molecule has 0 aromatic heterocycles. The second kappa shape index (κ2) is 4.82. The minimum Gasteiger partial charge on any atom is -0.469 e. The number of ether oxygens (including phenoxy) is 2. The van der Waals surface area contributed by atoms with Crippen LogP contribution in [0.3, 0.4) is 0 Å². The first-order valence-corrected chi connectivity index (χ1v) is 5.37. The topological polar surface area (TPSA) is 64.6 Å². The smallest absolute Gasteiger partial charge is 0.323 e. The van der Waals surface area contributed by atoms with Crippen LogP contribution < -0.4 is 5.32 Å². The van der Waals surface area contributed by atoms with Crippen molar-refractivity contribution in [3.8, 4) is 0 Å². The van der Waals surface area contributed by atoms with E-state index in [9.17, 15) is 9.59 Å². The number of methoxy groups -OCH3 is 1. The quantitative estimate of drug-likeness (QED) is 0.698. The van der Waals surface area contributed by atoms with Crippen molar-refractivity contribution in [1.29, 1.82) is 0 Å². The van der Waals surface area contributed by atoms with Crippen molar-refractivity contribution in [3.63, 3.8) is 0 Å². The predicted octanol–water partition coefficient (Wildman–Crippen LogP) is 0.479. The zero-order valence-corrected chi connectivity index (χ0v) is 10.2. The van der Waals surface area contributed by atoms with E-state index in [0.717, 1.165) is 0 Å². The van der Waals surface area contributed by atoms with Crippen molar-refractivity contribution in [3.05, 3.63) is 0 Å². The van der Waals surface area contributed by atoms with Crippen LogP contribution >= 0.6 is 0 Å². The van der Waals surface area contributed by atoms with Gasteiger partial charge in [0.1, 0.15) is 11.6 Å². The minimum atomic E-state index is -0.498. The zero-order valence-electron chi connectivity index (χ0n) is 10.2. The molecule has 0 aromatic rings. The van der Waals surface area contributed by atoms with Gasteiger partial charge < -0.3 is 14.8 Å². The van der Waals surface area contributed by atoms with Crippen LogP contribution in [0.25, 0.3) is 0 Å². The standard InChI is InChI=1S/C11H19NO4/c1-11(2,3)16-10(14)8-5-7(6-12-8)9(13)15-4/h7-8,12H,5-6H2,1-4H3/t7-,8-/m0/s1. The average Bonchev–Trinajstić information content (AvgIpc) is 2.62. The fraction of sp³-hybridized carbons (Fsp3) is 0.818. The third kappa shape index (κ3) is 3.48. The molecule has 0 aromatic carbocycles. The van der Waals surface area contributed by atoms with E-state index in [1.807, 2.05) is 20.8 Å². The molecule has 0 amide bonds. The molecule has 16 heavy (non-hydrogen) atoms. The summed E-state index contributed by atoms with van der Waals surface area (Å²) >= 11 is 0. The normalized spacial score (nSPS) is 25.2. The lowest BCUT2D eigenvalue weighted by Crippen LogP contribution is -2.37. The molecule has 5 nitrogen and oxygen atoms in total. The lowest BCUT2D eigenvalue weighted by molar-refractivity contribution is -0.157. The van der Waals surface area contributed by atoms with Gasteiger partial charge >= 0.3 is 11.9 Å². The van der Waals surface area contributed by atoms with E-state index in [-0.39, 0.29) is 17.9 Å². The van der Waals surface area contributed by atoms with Crippen LogP contribution in [-0.4, -0.2) is 37.2 Å². The van der Waals surface area contributed by atoms with Gasteiger partial charge in [0.15, 0.2) is 0 Å². The molecule has 0 unspecified atom stereocenters. The maximum absolute atomic E-state index is 11.7. The number of hydrogen-bond acceptors (Lipinski definition) is 5. The highest BCUT2D eigenvalue weighted by molar-refractivity contribution is 5.80. The van der Waals surface area contributed by atoms with Gasteiger partial charge in [0.2, 0.25) is 0 Å². The van der Waals surface area contributed by atoms with Gasteiger partial charge in [-0.15, -0.1) is 0 Å². The third-order valence-electron chi connectivity index (χ3n) is 2.36. The summed E-state index contributed by atoms with van der Waals surface area (Å²) in [6.45, 7) is 5.92. The van der Waals surface area contributed by atoms with Gasteiger partial charge in [0, 0.05) is 6.54 Å². The van der Waals surface area contributed by atoms with E-state index in [0.29, 0.717) is 13.0 Å². The molecule has 0 radical (unpaired) electrons. The lowest BCUT2D eigenvalue weighted by atomic mass is 10.1. The van der Waals surface area contributed by atoms with Crippen molar-refractivity contribution in [2.75, 3.05) is 13.7 Å². The third-order valence-corrected chi connectivity index (χ3v) is 2.36. The van der Waals surface area contributed by atoms with Crippen LogP contribution in [0, 0.1) is 5.92 Å². The van der Waals surface area contributed by atoms with Crippen molar-refractivity contribution in [2.24, 2.45) is 5.92 Å². The summed E-state index contributed by atoms with van der Waals surface area (Å²) in [6, 6.07) is -0.400. The number of hydrogen-bond donors (Lipinski definition) is 1. The molecule has 1 rings (SSSR count). The molecule has 1 fully saturated rings. The molecule has 0 aliphatic carbocycles. The van der Waals surface area contributed by atoms with Crippen LogP contribution in [-0.2, 0) is 19.1 Å². The number of nitrogens with one attached hydrogen (secondary N) is 1. The summed E-state index contributed by atoms with van der Waals surface area (Å²) < 4.78 is 9.86. The van der Waals surface area contributed by atoms with Crippen molar-refractivity contribution < 1.29 is 19.1 Å². The number of carbonyl (C=O) groups excluding carboxylic acids is 2. The molecule has 1 heterocycles. The first-order valence-electron chi connectivity index (χ1n) is 5.37. The molecule has 1 aliphatic rings. The Kier molecular flexibility index (Phi) is 3.91. The lowest BCUT2D eigenvalue weighted by Gasteiger charge is -2.22. The highest BCUT2D eigenvalue weighted by atomic mass is 16.6. The predicted molar refractivity (Wildman–Crippen MR) is 57.8 cm³/mol. The highest BCUT2D eigenvalue weighted by Gasteiger charge is 2.36. The zero-order chi connectivity index (χ0) is 12.3. The Balaban J connectivity index is 2.47. The monoisotopic (exact) mass is 229 g/mol. The highest BCUT2D eigenvalue weighted by Crippen LogP contribution is 2.18. The largest absolute Gasteiger partial charge is 0.469 e. The molecular formula is C11H19NO4. The number of carbonyl (C=O) groups is 2. The second-order valence-electron chi connectivity index (χ2n) is 4.95. The SMILES string of the molecule is COC(=O)[C@@H]1CN[C@H](C(=O)OC(C)(C)C)C1.